The summed E-state index contributed by atoms with van der Waals surface area (Å²) < 4.78 is 7.51. The molecule has 1 aliphatic rings. The molecule has 0 spiro atoms. The Bertz CT molecular complexity index is 394. The molecule has 2 unspecified atom stereocenters. The van der Waals surface area contributed by atoms with E-state index in [2.05, 4.69) is 28.8 Å². The number of nitrogens with zero attached hydrogens (tertiary/aromatic N) is 4. The van der Waals surface area contributed by atoms with Crippen LogP contribution in [-0.4, -0.2) is 62.7 Å². The summed E-state index contributed by atoms with van der Waals surface area (Å²) in [7, 11) is 0. The van der Waals surface area contributed by atoms with Crippen LogP contribution in [0, 0.1) is 0 Å². The van der Waals surface area contributed by atoms with E-state index in [0.717, 1.165) is 25.5 Å². The third-order valence-electron chi connectivity index (χ3n) is 3.67. The molecule has 1 aromatic heterocycles. The van der Waals surface area contributed by atoms with Crippen LogP contribution in [0.3, 0.4) is 0 Å². The number of aromatic nitrogens is 3. The number of morpholine rings is 1. The highest BCUT2D eigenvalue weighted by molar-refractivity contribution is 4.91. The zero-order valence-corrected chi connectivity index (χ0v) is 12.0. The molecule has 6 nitrogen and oxygen atoms in total. The van der Waals surface area contributed by atoms with Crippen LogP contribution in [0.2, 0.25) is 0 Å². The lowest BCUT2D eigenvalue weighted by molar-refractivity contribution is -0.0947. The topological polar surface area (TPSA) is 63.4 Å². The molecule has 1 aromatic rings. The van der Waals surface area contributed by atoms with E-state index < -0.39 is 6.10 Å². The molecule has 2 atom stereocenters. The van der Waals surface area contributed by atoms with Crippen LogP contribution in [0.25, 0.3) is 0 Å². The highest BCUT2D eigenvalue weighted by atomic mass is 16.5. The molecule has 0 radical (unpaired) electrons. The number of aryl methyl sites for hydroxylation is 1. The SMILES string of the molecule is CCn1ncnc1CC(O)C1CN(C(C)C)CCO1. The first-order valence-electron chi connectivity index (χ1n) is 7.02. The maximum atomic E-state index is 10.3. The predicted octanol–water partition coefficient (Wildman–Crippen LogP) is 0.311. The molecule has 0 bridgehead atoms. The summed E-state index contributed by atoms with van der Waals surface area (Å²) in [6, 6.07) is 0.484. The van der Waals surface area contributed by atoms with Crippen molar-refractivity contribution in [3.63, 3.8) is 0 Å². The van der Waals surface area contributed by atoms with Crippen molar-refractivity contribution in [3.05, 3.63) is 12.2 Å². The summed E-state index contributed by atoms with van der Waals surface area (Å²) in [5.41, 5.74) is 0. The van der Waals surface area contributed by atoms with Gasteiger partial charge in [-0.05, 0) is 20.8 Å². The first-order chi connectivity index (χ1) is 9.11. The summed E-state index contributed by atoms with van der Waals surface area (Å²) in [6.07, 6.45) is 1.35. The van der Waals surface area contributed by atoms with Gasteiger partial charge in [0.05, 0.1) is 18.8 Å². The van der Waals surface area contributed by atoms with Gasteiger partial charge in [0.2, 0.25) is 0 Å². The average molecular weight is 268 g/mol. The average Bonchev–Trinajstić information content (AvgIpc) is 2.86. The van der Waals surface area contributed by atoms with Gasteiger partial charge in [-0.25, -0.2) is 4.98 Å². The lowest BCUT2D eigenvalue weighted by Gasteiger charge is -2.37. The van der Waals surface area contributed by atoms with Gasteiger partial charge in [-0.3, -0.25) is 9.58 Å². The number of hydrogen-bond donors (Lipinski definition) is 1. The number of ether oxygens (including phenoxy) is 1. The van der Waals surface area contributed by atoms with Crippen LogP contribution in [0.15, 0.2) is 6.33 Å². The maximum Gasteiger partial charge on any atom is 0.138 e. The maximum absolute atomic E-state index is 10.3. The predicted molar refractivity (Wildman–Crippen MR) is 71.9 cm³/mol. The molecular formula is C13H24N4O2. The van der Waals surface area contributed by atoms with Crippen molar-refractivity contribution in [1.29, 1.82) is 0 Å². The summed E-state index contributed by atoms with van der Waals surface area (Å²) in [6.45, 7) is 9.52. The minimum atomic E-state index is -0.531. The fraction of sp³-hybridized carbons (Fsp3) is 0.846. The van der Waals surface area contributed by atoms with Crippen LogP contribution in [0.1, 0.15) is 26.6 Å². The van der Waals surface area contributed by atoms with Gasteiger partial charge in [0.1, 0.15) is 12.2 Å². The number of rotatable bonds is 5. The van der Waals surface area contributed by atoms with E-state index in [9.17, 15) is 5.11 Å². The van der Waals surface area contributed by atoms with E-state index in [1.165, 1.54) is 6.33 Å². The summed E-state index contributed by atoms with van der Waals surface area (Å²) in [5.74, 6) is 0.820. The minimum Gasteiger partial charge on any atom is -0.390 e. The molecule has 0 amide bonds. The minimum absolute atomic E-state index is 0.141. The Hall–Kier alpha value is -0.980. The second-order valence-corrected chi connectivity index (χ2v) is 5.26. The molecular weight excluding hydrogens is 244 g/mol. The van der Waals surface area contributed by atoms with Crippen molar-refractivity contribution in [2.45, 2.75) is 52.0 Å². The van der Waals surface area contributed by atoms with Gasteiger partial charge >= 0.3 is 0 Å². The van der Waals surface area contributed by atoms with Crippen molar-refractivity contribution in [2.75, 3.05) is 19.7 Å². The fourth-order valence-electron chi connectivity index (χ4n) is 2.43. The lowest BCUT2D eigenvalue weighted by Crippen LogP contribution is -2.50. The number of hydrogen-bond acceptors (Lipinski definition) is 5. The Balaban J connectivity index is 1.94. The molecule has 6 heteroatoms. The summed E-state index contributed by atoms with van der Waals surface area (Å²) in [4.78, 5) is 6.53. The molecule has 19 heavy (non-hydrogen) atoms. The molecule has 0 saturated carbocycles. The monoisotopic (exact) mass is 268 g/mol. The zero-order chi connectivity index (χ0) is 13.8. The van der Waals surface area contributed by atoms with Crippen molar-refractivity contribution in [2.24, 2.45) is 0 Å². The summed E-state index contributed by atoms with van der Waals surface area (Å²) in [5, 5.41) is 14.5. The number of aliphatic hydroxyl groups is 1. The van der Waals surface area contributed by atoms with E-state index in [1.54, 1.807) is 0 Å². The normalized spacial score (nSPS) is 22.9. The molecule has 1 N–H and O–H groups in total. The van der Waals surface area contributed by atoms with E-state index >= 15 is 0 Å². The number of aliphatic hydroxyl groups excluding tert-OH is 1. The van der Waals surface area contributed by atoms with Gasteiger partial charge in [0.25, 0.3) is 0 Å². The Labute approximate surface area is 114 Å². The summed E-state index contributed by atoms with van der Waals surface area (Å²) >= 11 is 0. The first kappa shape index (κ1) is 14.4. The lowest BCUT2D eigenvalue weighted by atomic mass is 10.1. The van der Waals surface area contributed by atoms with Crippen molar-refractivity contribution >= 4 is 0 Å². The van der Waals surface area contributed by atoms with Gasteiger partial charge < -0.3 is 9.84 Å². The van der Waals surface area contributed by atoms with E-state index in [-0.39, 0.29) is 6.10 Å². The third-order valence-corrected chi connectivity index (χ3v) is 3.67. The van der Waals surface area contributed by atoms with E-state index in [0.29, 0.717) is 19.1 Å². The smallest absolute Gasteiger partial charge is 0.138 e. The van der Waals surface area contributed by atoms with Gasteiger partial charge in [0, 0.05) is 32.1 Å². The standard InChI is InChI=1S/C13H24N4O2/c1-4-17-13(14-9-15-17)7-11(18)12-8-16(10(2)3)5-6-19-12/h9-12,18H,4-8H2,1-3H3. The zero-order valence-electron chi connectivity index (χ0n) is 12.0. The Kier molecular flexibility index (Phi) is 4.90. The van der Waals surface area contributed by atoms with Crippen molar-refractivity contribution in [1.82, 2.24) is 19.7 Å². The van der Waals surface area contributed by atoms with Crippen LogP contribution in [0.5, 0.6) is 0 Å². The highest BCUT2D eigenvalue weighted by Crippen LogP contribution is 2.14. The van der Waals surface area contributed by atoms with Crippen molar-refractivity contribution < 1.29 is 9.84 Å². The molecule has 1 saturated heterocycles. The Morgan fingerprint density at radius 2 is 2.32 bits per heavy atom. The van der Waals surface area contributed by atoms with Gasteiger partial charge in [-0.2, -0.15) is 5.10 Å². The van der Waals surface area contributed by atoms with Gasteiger partial charge in [0.15, 0.2) is 0 Å². The second kappa shape index (κ2) is 6.45. The van der Waals surface area contributed by atoms with Gasteiger partial charge in [-0.1, -0.05) is 0 Å². The van der Waals surface area contributed by atoms with Crippen LogP contribution < -0.4 is 0 Å². The molecule has 1 fully saturated rings. The largest absolute Gasteiger partial charge is 0.390 e. The third kappa shape index (κ3) is 3.52. The molecule has 0 aromatic carbocycles. The quantitative estimate of drug-likeness (QED) is 0.833. The van der Waals surface area contributed by atoms with Crippen LogP contribution in [0.4, 0.5) is 0 Å². The molecule has 108 valence electrons. The second-order valence-electron chi connectivity index (χ2n) is 5.26. The molecule has 2 heterocycles. The van der Waals surface area contributed by atoms with Crippen LogP contribution in [-0.2, 0) is 17.7 Å². The molecule has 1 aliphatic heterocycles. The Morgan fingerprint density at radius 3 is 3.00 bits per heavy atom. The van der Waals surface area contributed by atoms with Gasteiger partial charge in [-0.15, -0.1) is 0 Å². The van der Waals surface area contributed by atoms with Crippen molar-refractivity contribution in [3.8, 4) is 0 Å². The van der Waals surface area contributed by atoms with Crippen LogP contribution >= 0.6 is 0 Å². The Morgan fingerprint density at radius 1 is 1.53 bits per heavy atom. The molecule has 2 rings (SSSR count). The first-order valence-corrected chi connectivity index (χ1v) is 7.02. The highest BCUT2D eigenvalue weighted by Gasteiger charge is 2.28. The molecule has 0 aliphatic carbocycles. The van der Waals surface area contributed by atoms with E-state index in [4.69, 9.17) is 4.74 Å². The fourth-order valence-corrected chi connectivity index (χ4v) is 2.43. The van der Waals surface area contributed by atoms with E-state index in [1.807, 2.05) is 11.6 Å².